The Kier molecular flexibility index (Phi) is 6.24. The molecule has 0 radical (unpaired) electrons. The summed E-state index contributed by atoms with van der Waals surface area (Å²) in [4.78, 5) is 28.5. The molecule has 0 saturated heterocycles. The first-order valence-corrected chi connectivity index (χ1v) is 9.35. The van der Waals surface area contributed by atoms with Gasteiger partial charge in [0, 0.05) is 17.6 Å². The summed E-state index contributed by atoms with van der Waals surface area (Å²) in [7, 11) is 0. The van der Waals surface area contributed by atoms with Gasteiger partial charge in [-0.25, -0.2) is 9.78 Å². The Morgan fingerprint density at radius 2 is 1.59 bits per heavy atom. The molecule has 1 aromatic heterocycles. The molecule has 0 aliphatic rings. The predicted molar refractivity (Wildman–Crippen MR) is 114 cm³/mol. The number of carbonyl (C=O) groups is 2. The average Bonchev–Trinajstić information content (AvgIpc) is 2.72. The molecule has 148 valence electrons. The van der Waals surface area contributed by atoms with Crippen molar-refractivity contribution in [2.75, 3.05) is 17.2 Å². The minimum Gasteiger partial charge on any atom is -0.462 e. The number of aryl methyl sites for hydroxylation is 2. The van der Waals surface area contributed by atoms with Crippen molar-refractivity contribution in [3.05, 3.63) is 83.0 Å². The Labute approximate surface area is 169 Å². The number of nitrogens with one attached hydrogen (secondary N) is 2. The van der Waals surface area contributed by atoms with Crippen LogP contribution in [0.3, 0.4) is 0 Å². The molecule has 29 heavy (non-hydrogen) atoms. The van der Waals surface area contributed by atoms with E-state index in [1.54, 1.807) is 43.3 Å². The quantitative estimate of drug-likeness (QED) is 0.588. The van der Waals surface area contributed by atoms with Crippen LogP contribution in [0.25, 0.3) is 0 Å². The minimum absolute atomic E-state index is 0.208. The number of hydrogen-bond acceptors (Lipinski definition) is 5. The number of ether oxygens (including phenoxy) is 1. The fraction of sp³-hybridized carbons (Fsp3) is 0.174. The summed E-state index contributed by atoms with van der Waals surface area (Å²) in [6.45, 7) is 6.03. The highest BCUT2D eigenvalue weighted by Crippen LogP contribution is 2.21. The number of para-hydroxylation sites is 1. The Bertz CT molecular complexity index is 992. The van der Waals surface area contributed by atoms with Gasteiger partial charge >= 0.3 is 5.97 Å². The van der Waals surface area contributed by atoms with E-state index in [1.165, 1.54) is 6.20 Å². The number of amides is 1. The highest BCUT2D eigenvalue weighted by Gasteiger charge is 2.10. The van der Waals surface area contributed by atoms with E-state index < -0.39 is 0 Å². The zero-order valence-corrected chi connectivity index (χ0v) is 16.7. The largest absolute Gasteiger partial charge is 0.462 e. The van der Waals surface area contributed by atoms with Crippen molar-refractivity contribution in [3.8, 4) is 0 Å². The van der Waals surface area contributed by atoms with Crippen LogP contribution in [0.5, 0.6) is 0 Å². The number of carbonyl (C=O) groups excluding carboxylic acids is 2. The van der Waals surface area contributed by atoms with Crippen molar-refractivity contribution >= 4 is 29.1 Å². The molecule has 3 aromatic rings. The Balaban J connectivity index is 1.65. The maximum Gasteiger partial charge on any atom is 0.338 e. The Morgan fingerprint density at radius 1 is 0.931 bits per heavy atom. The van der Waals surface area contributed by atoms with Crippen molar-refractivity contribution in [3.63, 3.8) is 0 Å². The van der Waals surface area contributed by atoms with Crippen LogP contribution in [-0.2, 0) is 4.74 Å². The third kappa shape index (κ3) is 4.99. The molecular formula is C23H23N3O3. The topological polar surface area (TPSA) is 80.3 Å². The second kappa shape index (κ2) is 9.01. The highest BCUT2D eigenvalue weighted by molar-refractivity contribution is 6.05. The highest BCUT2D eigenvalue weighted by atomic mass is 16.5. The van der Waals surface area contributed by atoms with Crippen LogP contribution >= 0.6 is 0 Å². The molecule has 2 aromatic carbocycles. The zero-order valence-electron chi connectivity index (χ0n) is 16.7. The fourth-order valence-corrected chi connectivity index (χ4v) is 2.85. The summed E-state index contributed by atoms with van der Waals surface area (Å²) in [5.41, 5.74) is 4.58. The van der Waals surface area contributed by atoms with E-state index in [4.69, 9.17) is 4.74 Å². The SMILES string of the molecule is CCOC(=O)c1ccc(Nc2ccc(C(=O)Nc3c(C)cccc3C)cn2)cc1. The normalized spacial score (nSPS) is 10.3. The summed E-state index contributed by atoms with van der Waals surface area (Å²) in [5, 5.41) is 6.09. The number of hydrogen-bond donors (Lipinski definition) is 2. The summed E-state index contributed by atoms with van der Waals surface area (Å²) >= 11 is 0. The van der Waals surface area contributed by atoms with Crippen molar-refractivity contribution < 1.29 is 14.3 Å². The standard InChI is InChI=1S/C23H23N3O3/c1-4-29-23(28)17-8-11-19(12-9-17)25-20-13-10-18(14-24-20)22(27)26-21-15(2)6-5-7-16(21)3/h5-14H,4H2,1-3H3,(H,24,25)(H,26,27). The molecule has 2 N–H and O–H groups in total. The molecular weight excluding hydrogens is 366 g/mol. The molecule has 0 saturated carbocycles. The number of pyridine rings is 1. The molecule has 0 fully saturated rings. The van der Waals surface area contributed by atoms with E-state index >= 15 is 0 Å². The van der Waals surface area contributed by atoms with Gasteiger partial charge in [0.15, 0.2) is 0 Å². The van der Waals surface area contributed by atoms with Gasteiger partial charge in [0.05, 0.1) is 17.7 Å². The average molecular weight is 389 g/mol. The molecule has 1 amide bonds. The number of anilines is 3. The smallest absolute Gasteiger partial charge is 0.338 e. The van der Waals surface area contributed by atoms with Gasteiger partial charge in [-0.1, -0.05) is 18.2 Å². The molecule has 0 bridgehead atoms. The van der Waals surface area contributed by atoms with Crippen molar-refractivity contribution in [1.82, 2.24) is 4.98 Å². The van der Waals surface area contributed by atoms with Gasteiger partial charge in [0.2, 0.25) is 0 Å². The summed E-state index contributed by atoms with van der Waals surface area (Å²) < 4.78 is 4.97. The van der Waals surface area contributed by atoms with E-state index in [9.17, 15) is 9.59 Å². The summed E-state index contributed by atoms with van der Waals surface area (Å²) in [6.07, 6.45) is 1.53. The maximum absolute atomic E-state index is 12.5. The Hall–Kier alpha value is -3.67. The van der Waals surface area contributed by atoms with E-state index in [1.807, 2.05) is 32.0 Å². The number of esters is 1. The lowest BCUT2D eigenvalue weighted by molar-refractivity contribution is 0.0526. The molecule has 0 aliphatic carbocycles. The number of nitrogens with zero attached hydrogens (tertiary/aromatic N) is 1. The monoisotopic (exact) mass is 389 g/mol. The van der Waals surface area contributed by atoms with Crippen LogP contribution in [0.1, 0.15) is 38.8 Å². The van der Waals surface area contributed by atoms with Gasteiger partial charge in [0.1, 0.15) is 5.82 Å². The van der Waals surface area contributed by atoms with Crippen LogP contribution < -0.4 is 10.6 Å². The van der Waals surface area contributed by atoms with Gasteiger partial charge in [-0.2, -0.15) is 0 Å². The molecule has 0 spiro atoms. The van der Waals surface area contributed by atoms with Gasteiger partial charge in [-0.3, -0.25) is 4.79 Å². The van der Waals surface area contributed by atoms with E-state index in [2.05, 4.69) is 15.6 Å². The van der Waals surface area contributed by atoms with Crippen LogP contribution in [0, 0.1) is 13.8 Å². The molecule has 0 aliphatic heterocycles. The predicted octanol–water partition coefficient (Wildman–Crippen LogP) is 4.87. The molecule has 6 nitrogen and oxygen atoms in total. The lowest BCUT2D eigenvalue weighted by Gasteiger charge is -2.12. The molecule has 0 atom stereocenters. The molecule has 1 heterocycles. The van der Waals surface area contributed by atoms with Gasteiger partial charge in [0.25, 0.3) is 5.91 Å². The van der Waals surface area contributed by atoms with Crippen molar-refractivity contribution in [1.29, 1.82) is 0 Å². The molecule has 0 unspecified atom stereocenters. The van der Waals surface area contributed by atoms with Crippen LogP contribution in [0.4, 0.5) is 17.2 Å². The third-order valence-electron chi connectivity index (χ3n) is 4.41. The Morgan fingerprint density at radius 3 is 2.17 bits per heavy atom. The van der Waals surface area contributed by atoms with Crippen molar-refractivity contribution in [2.24, 2.45) is 0 Å². The second-order valence-corrected chi connectivity index (χ2v) is 6.58. The van der Waals surface area contributed by atoms with Crippen LogP contribution in [-0.4, -0.2) is 23.5 Å². The lowest BCUT2D eigenvalue weighted by Crippen LogP contribution is -2.14. The van der Waals surface area contributed by atoms with Gasteiger partial charge < -0.3 is 15.4 Å². The first-order chi connectivity index (χ1) is 14.0. The number of benzene rings is 2. The van der Waals surface area contributed by atoms with Gasteiger partial charge in [-0.05, 0) is 68.3 Å². The first kappa shape index (κ1) is 20.1. The lowest BCUT2D eigenvalue weighted by atomic mass is 10.1. The first-order valence-electron chi connectivity index (χ1n) is 9.35. The fourth-order valence-electron chi connectivity index (χ4n) is 2.85. The minimum atomic E-state index is -0.351. The summed E-state index contributed by atoms with van der Waals surface area (Å²) in [5.74, 6) is 0.0363. The second-order valence-electron chi connectivity index (χ2n) is 6.58. The van der Waals surface area contributed by atoms with E-state index in [0.29, 0.717) is 23.6 Å². The van der Waals surface area contributed by atoms with Crippen LogP contribution in [0.2, 0.25) is 0 Å². The third-order valence-corrected chi connectivity index (χ3v) is 4.41. The van der Waals surface area contributed by atoms with Gasteiger partial charge in [-0.15, -0.1) is 0 Å². The number of aromatic nitrogens is 1. The molecule has 3 rings (SSSR count). The molecule has 6 heteroatoms. The van der Waals surface area contributed by atoms with E-state index in [-0.39, 0.29) is 11.9 Å². The number of rotatable bonds is 6. The maximum atomic E-state index is 12.5. The summed E-state index contributed by atoms with van der Waals surface area (Å²) in [6, 6.07) is 16.2. The van der Waals surface area contributed by atoms with E-state index in [0.717, 1.165) is 22.5 Å². The van der Waals surface area contributed by atoms with Crippen molar-refractivity contribution in [2.45, 2.75) is 20.8 Å². The van der Waals surface area contributed by atoms with Crippen LogP contribution in [0.15, 0.2) is 60.8 Å². The zero-order chi connectivity index (χ0) is 20.8.